The van der Waals surface area contributed by atoms with Crippen molar-refractivity contribution in [2.24, 2.45) is 0 Å². The van der Waals surface area contributed by atoms with Crippen LogP contribution in [0.3, 0.4) is 0 Å². The predicted molar refractivity (Wildman–Crippen MR) is 74.5 cm³/mol. The third-order valence-electron chi connectivity index (χ3n) is 3.44. The summed E-state index contributed by atoms with van der Waals surface area (Å²) in [6, 6.07) is 9.02. The molecule has 0 aliphatic carbocycles. The fourth-order valence-corrected chi connectivity index (χ4v) is 2.06. The SMILES string of the molecule is Cc1ccc([C@@H](C)NCc2c(C)n[nH]c2C)cc1. The summed E-state index contributed by atoms with van der Waals surface area (Å²) in [4.78, 5) is 0. The van der Waals surface area contributed by atoms with E-state index in [2.05, 4.69) is 60.6 Å². The van der Waals surface area contributed by atoms with Gasteiger partial charge in [-0.25, -0.2) is 0 Å². The van der Waals surface area contributed by atoms with E-state index in [9.17, 15) is 0 Å². The summed E-state index contributed by atoms with van der Waals surface area (Å²) in [6.45, 7) is 9.25. The summed E-state index contributed by atoms with van der Waals surface area (Å²) in [6.07, 6.45) is 0. The van der Waals surface area contributed by atoms with Crippen molar-refractivity contribution < 1.29 is 0 Å². The molecule has 0 amide bonds. The molecule has 96 valence electrons. The maximum absolute atomic E-state index is 4.21. The summed E-state index contributed by atoms with van der Waals surface area (Å²) >= 11 is 0. The van der Waals surface area contributed by atoms with Crippen molar-refractivity contribution in [3.63, 3.8) is 0 Å². The first-order valence-electron chi connectivity index (χ1n) is 6.38. The van der Waals surface area contributed by atoms with E-state index >= 15 is 0 Å². The van der Waals surface area contributed by atoms with Crippen LogP contribution < -0.4 is 5.32 Å². The lowest BCUT2D eigenvalue weighted by molar-refractivity contribution is 0.572. The normalized spacial score (nSPS) is 12.7. The van der Waals surface area contributed by atoms with Crippen molar-refractivity contribution in [1.82, 2.24) is 15.5 Å². The van der Waals surface area contributed by atoms with Crippen LogP contribution in [0, 0.1) is 20.8 Å². The summed E-state index contributed by atoms with van der Waals surface area (Å²) in [5, 5.41) is 10.8. The molecule has 0 bridgehead atoms. The first kappa shape index (κ1) is 12.8. The van der Waals surface area contributed by atoms with Crippen LogP contribution in [0.25, 0.3) is 0 Å². The molecule has 0 unspecified atom stereocenters. The molecule has 1 heterocycles. The molecule has 0 aliphatic rings. The minimum absolute atomic E-state index is 0.347. The lowest BCUT2D eigenvalue weighted by atomic mass is 10.1. The van der Waals surface area contributed by atoms with Gasteiger partial charge in [0, 0.05) is 23.8 Å². The third-order valence-corrected chi connectivity index (χ3v) is 3.44. The molecule has 1 atom stereocenters. The van der Waals surface area contributed by atoms with Crippen molar-refractivity contribution in [3.05, 3.63) is 52.3 Å². The van der Waals surface area contributed by atoms with Crippen LogP contribution in [-0.2, 0) is 6.54 Å². The maximum Gasteiger partial charge on any atom is 0.0638 e. The Labute approximate surface area is 109 Å². The minimum Gasteiger partial charge on any atom is -0.306 e. The molecule has 1 aromatic heterocycles. The largest absolute Gasteiger partial charge is 0.306 e. The molecule has 0 fully saturated rings. The minimum atomic E-state index is 0.347. The molecule has 0 radical (unpaired) electrons. The van der Waals surface area contributed by atoms with Gasteiger partial charge >= 0.3 is 0 Å². The van der Waals surface area contributed by atoms with Gasteiger partial charge in [0.1, 0.15) is 0 Å². The molecule has 3 heteroatoms. The maximum atomic E-state index is 4.21. The number of aromatic amines is 1. The average Bonchev–Trinajstić information content (AvgIpc) is 2.67. The average molecular weight is 243 g/mol. The van der Waals surface area contributed by atoms with E-state index in [0.29, 0.717) is 6.04 Å². The summed E-state index contributed by atoms with van der Waals surface area (Å²) in [5.74, 6) is 0. The highest BCUT2D eigenvalue weighted by Crippen LogP contribution is 2.15. The Morgan fingerprint density at radius 3 is 2.39 bits per heavy atom. The van der Waals surface area contributed by atoms with E-state index in [0.717, 1.165) is 17.9 Å². The van der Waals surface area contributed by atoms with Gasteiger partial charge in [-0.15, -0.1) is 0 Å². The van der Waals surface area contributed by atoms with Crippen LogP contribution in [0.5, 0.6) is 0 Å². The van der Waals surface area contributed by atoms with Crippen LogP contribution >= 0.6 is 0 Å². The number of rotatable bonds is 4. The third kappa shape index (κ3) is 2.79. The van der Waals surface area contributed by atoms with Crippen LogP contribution in [-0.4, -0.2) is 10.2 Å². The smallest absolute Gasteiger partial charge is 0.0638 e. The van der Waals surface area contributed by atoms with Crippen molar-refractivity contribution in [1.29, 1.82) is 0 Å². The number of nitrogens with one attached hydrogen (secondary N) is 2. The molecule has 0 saturated heterocycles. The van der Waals surface area contributed by atoms with Gasteiger partial charge in [-0.3, -0.25) is 5.10 Å². The second-order valence-electron chi connectivity index (χ2n) is 4.93. The second kappa shape index (κ2) is 5.36. The van der Waals surface area contributed by atoms with E-state index < -0.39 is 0 Å². The monoisotopic (exact) mass is 243 g/mol. The Hall–Kier alpha value is -1.61. The van der Waals surface area contributed by atoms with E-state index in [-0.39, 0.29) is 0 Å². The van der Waals surface area contributed by atoms with Crippen molar-refractivity contribution >= 4 is 0 Å². The van der Waals surface area contributed by atoms with Gasteiger partial charge in [-0.1, -0.05) is 29.8 Å². The van der Waals surface area contributed by atoms with E-state index in [1.807, 2.05) is 6.92 Å². The Balaban J connectivity index is 2.00. The van der Waals surface area contributed by atoms with Crippen molar-refractivity contribution in [2.45, 2.75) is 40.3 Å². The molecule has 2 N–H and O–H groups in total. The number of hydrogen-bond donors (Lipinski definition) is 2. The molecule has 3 nitrogen and oxygen atoms in total. The second-order valence-corrected chi connectivity index (χ2v) is 4.93. The Morgan fingerprint density at radius 1 is 1.17 bits per heavy atom. The summed E-state index contributed by atoms with van der Waals surface area (Å²) in [5.41, 5.74) is 6.12. The van der Waals surface area contributed by atoms with Gasteiger partial charge < -0.3 is 5.32 Å². The van der Waals surface area contributed by atoms with E-state index in [1.54, 1.807) is 0 Å². The summed E-state index contributed by atoms with van der Waals surface area (Å²) in [7, 11) is 0. The van der Waals surface area contributed by atoms with Gasteiger partial charge in [-0.05, 0) is 33.3 Å². The number of nitrogens with zero attached hydrogens (tertiary/aromatic N) is 1. The highest BCUT2D eigenvalue weighted by atomic mass is 15.1. The van der Waals surface area contributed by atoms with E-state index in [4.69, 9.17) is 0 Å². The molecule has 2 rings (SSSR count). The zero-order valence-electron chi connectivity index (χ0n) is 11.5. The number of aromatic nitrogens is 2. The molecule has 0 saturated carbocycles. The van der Waals surface area contributed by atoms with Gasteiger partial charge in [0.25, 0.3) is 0 Å². The Kier molecular flexibility index (Phi) is 3.82. The van der Waals surface area contributed by atoms with Crippen molar-refractivity contribution in [2.75, 3.05) is 0 Å². The Morgan fingerprint density at radius 2 is 1.83 bits per heavy atom. The van der Waals surface area contributed by atoms with Crippen LogP contribution in [0.2, 0.25) is 0 Å². The first-order valence-corrected chi connectivity index (χ1v) is 6.38. The molecule has 0 aliphatic heterocycles. The quantitative estimate of drug-likeness (QED) is 0.866. The van der Waals surface area contributed by atoms with Gasteiger partial charge in [0.2, 0.25) is 0 Å². The number of benzene rings is 1. The van der Waals surface area contributed by atoms with E-state index in [1.165, 1.54) is 16.7 Å². The number of aryl methyl sites for hydroxylation is 3. The topological polar surface area (TPSA) is 40.7 Å². The summed E-state index contributed by atoms with van der Waals surface area (Å²) < 4.78 is 0. The Bertz CT molecular complexity index is 492. The fraction of sp³-hybridized carbons (Fsp3) is 0.400. The van der Waals surface area contributed by atoms with Gasteiger partial charge in [0.15, 0.2) is 0 Å². The lowest BCUT2D eigenvalue weighted by Gasteiger charge is -2.14. The van der Waals surface area contributed by atoms with Gasteiger partial charge in [0.05, 0.1) is 5.69 Å². The number of hydrogen-bond acceptors (Lipinski definition) is 2. The molecular formula is C15H21N3. The van der Waals surface area contributed by atoms with Crippen molar-refractivity contribution in [3.8, 4) is 0 Å². The number of H-pyrrole nitrogens is 1. The fourth-order valence-electron chi connectivity index (χ4n) is 2.06. The predicted octanol–water partition coefficient (Wildman–Crippen LogP) is 3.19. The van der Waals surface area contributed by atoms with Crippen LogP contribution in [0.15, 0.2) is 24.3 Å². The molecule has 0 spiro atoms. The standard InChI is InChI=1S/C15H21N3/c1-10-5-7-14(8-6-10)11(2)16-9-15-12(3)17-18-13(15)4/h5-8,11,16H,9H2,1-4H3,(H,17,18)/t11-/m1/s1. The lowest BCUT2D eigenvalue weighted by Crippen LogP contribution is -2.18. The molecule has 2 aromatic rings. The molecule has 1 aromatic carbocycles. The zero-order valence-corrected chi connectivity index (χ0v) is 11.5. The molecule has 18 heavy (non-hydrogen) atoms. The first-order chi connectivity index (χ1) is 8.58. The highest BCUT2D eigenvalue weighted by Gasteiger charge is 2.09. The van der Waals surface area contributed by atoms with Crippen LogP contribution in [0.4, 0.5) is 0 Å². The van der Waals surface area contributed by atoms with Gasteiger partial charge in [-0.2, -0.15) is 5.10 Å². The molecular weight excluding hydrogens is 222 g/mol. The highest BCUT2D eigenvalue weighted by molar-refractivity contribution is 5.25. The van der Waals surface area contributed by atoms with Crippen LogP contribution in [0.1, 0.15) is 41.0 Å². The zero-order chi connectivity index (χ0) is 13.1.